The Morgan fingerprint density at radius 3 is 2.48 bits per heavy atom. The topological polar surface area (TPSA) is 81.1 Å². The number of nitrogens with zero attached hydrogens (tertiary/aromatic N) is 6. The molecule has 3 aromatic heterocycles. The van der Waals surface area contributed by atoms with Crippen LogP contribution in [0.15, 0.2) is 67.1 Å². The lowest BCUT2D eigenvalue weighted by Crippen LogP contribution is -2.01. The second kappa shape index (κ2) is 6.37. The van der Waals surface area contributed by atoms with E-state index < -0.39 is 0 Å². The van der Waals surface area contributed by atoms with Gasteiger partial charge in [-0.05, 0) is 48.4 Å². The molecule has 0 amide bonds. The summed E-state index contributed by atoms with van der Waals surface area (Å²) in [5.41, 5.74) is 5.25. The molecule has 150 valence electrons. The van der Waals surface area contributed by atoms with Crippen LogP contribution in [-0.2, 0) is 0 Å². The molecule has 1 N–H and O–H groups in total. The number of hydrogen-bond acceptors (Lipinski definition) is 5. The molecular weight excluding hydrogens is 388 g/mol. The van der Waals surface area contributed by atoms with E-state index in [4.69, 9.17) is 0 Å². The van der Waals surface area contributed by atoms with Crippen LogP contribution in [0.25, 0.3) is 44.5 Å². The highest BCUT2D eigenvalue weighted by Gasteiger charge is 2.18. The number of rotatable bonds is 2. The summed E-state index contributed by atoms with van der Waals surface area (Å²) >= 11 is 0. The van der Waals surface area contributed by atoms with Crippen LogP contribution in [0.3, 0.4) is 0 Å². The van der Waals surface area contributed by atoms with Gasteiger partial charge in [-0.2, -0.15) is 5.10 Å². The number of aromatic nitrogens is 6. The summed E-state index contributed by atoms with van der Waals surface area (Å²) in [4.78, 5) is 4.66. The summed E-state index contributed by atoms with van der Waals surface area (Å²) in [7, 11) is 0. The van der Waals surface area contributed by atoms with Crippen molar-refractivity contribution < 1.29 is 5.11 Å². The molecule has 0 atom stereocenters. The average Bonchev–Trinajstić information content (AvgIpc) is 3.37. The molecule has 0 fully saturated rings. The smallest absolute Gasteiger partial charge is 0.175 e. The van der Waals surface area contributed by atoms with Gasteiger partial charge in [-0.15, -0.1) is 10.2 Å². The van der Waals surface area contributed by atoms with Crippen molar-refractivity contribution in [3.8, 4) is 22.8 Å². The zero-order valence-corrected chi connectivity index (χ0v) is 17.0. The van der Waals surface area contributed by atoms with E-state index >= 15 is 0 Å². The molecule has 0 aliphatic heterocycles. The van der Waals surface area contributed by atoms with Crippen LogP contribution >= 0.6 is 0 Å². The molecule has 3 heterocycles. The van der Waals surface area contributed by atoms with Crippen molar-refractivity contribution in [2.75, 3.05) is 0 Å². The largest absolute Gasteiger partial charge is 0.507 e. The molecule has 0 saturated carbocycles. The number of aryl methyl sites for hydroxylation is 2. The van der Waals surface area contributed by atoms with Gasteiger partial charge >= 0.3 is 0 Å². The molecular formula is C24H18N6O. The first-order valence-electron chi connectivity index (χ1n) is 9.97. The van der Waals surface area contributed by atoms with Gasteiger partial charge in [-0.1, -0.05) is 42.0 Å². The van der Waals surface area contributed by atoms with Crippen LogP contribution in [0.5, 0.6) is 5.75 Å². The SMILES string of the molecule is Cc1ccc(-n2ncc3c2ncn2c(-c4cc5ccccc5cc4O)nnc32)c(C)c1. The van der Waals surface area contributed by atoms with Gasteiger partial charge in [-0.25, -0.2) is 9.67 Å². The quantitative estimate of drug-likeness (QED) is 0.454. The highest BCUT2D eigenvalue weighted by atomic mass is 16.3. The van der Waals surface area contributed by atoms with E-state index in [1.165, 1.54) is 5.56 Å². The lowest BCUT2D eigenvalue weighted by molar-refractivity contribution is 0.477. The van der Waals surface area contributed by atoms with Crippen LogP contribution in [-0.4, -0.2) is 34.5 Å². The van der Waals surface area contributed by atoms with E-state index in [1.54, 1.807) is 23.0 Å². The van der Waals surface area contributed by atoms with Gasteiger partial charge < -0.3 is 5.11 Å². The molecule has 3 aromatic carbocycles. The third kappa shape index (κ3) is 2.60. The van der Waals surface area contributed by atoms with Crippen molar-refractivity contribution in [1.82, 2.24) is 29.4 Å². The summed E-state index contributed by atoms with van der Waals surface area (Å²) in [6, 6.07) is 17.8. The Hall–Kier alpha value is -4.26. The van der Waals surface area contributed by atoms with Gasteiger partial charge in [0.25, 0.3) is 0 Å². The Labute approximate surface area is 177 Å². The maximum Gasteiger partial charge on any atom is 0.175 e. The summed E-state index contributed by atoms with van der Waals surface area (Å²) < 4.78 is 3.62. The van der Waals surface area contributed by atoms with Crippen molar-refractivity contribution in [3.63, 3.8) is 0 Å². The Bertz CT molecular complexity index is 1630. The first kappa shape index (κ1) is 17.6. The minimum absolute atomic E-state index is 0.152. The summed E-state index contributed by atoms with van der Waals surface area (Å²) in [5.74, 6) is 0.686. The van der Waals surface area contributed by atoms with Crippen molar-refractivity contribution in [3.05, 3.63) is 78.2 Å². The van der Waals surface area contributed by atoms with Crippen LogP contribution < -0.4 is 0 Å². The summed E-state index contributed by atoms with van der Waals surface area (Å²) in [6.45, 7) is 4.13. The Kier molecular flexibility index (Phi) is 3.61. The van der Waals surface area contributed by atoms with Crippen molar-refractivity contribution in [1.29, 1.82) is 0 Å². The predicted octanol–water partition coefficient (Wildman–Crippen LogP) is 4.61. The number of benzene rings is 3. The van der Waals surface area contributed by atoms with E-state index in [1.807, 2.05) is 41.1 Å². The lowest BCUT2D eigenvalue weighted by atomic mass is 10.1. The Morgan fingerprint density at radius 2 is 1.68 bits per heavy atom. The number of hydrogen-bond donors (Lipinski definition) is 1. The van der Waals surface area contributed by atoms with Crippen molar-refractivity contribution in [2.24, 2.45) is 0 Å². The van der Waals surface area contributed by atoms with Gasteiger partial charge in [0.2, 0.25) is 0 Å². The molecule has 0 radical (unpaired) electrons. The van der Waals surface area contributed by atoms with Crippen LogP contribution in [0.2, 0.25) is 0 Å². The van der Waals surface area contributed by atoms with Gasteiger partial charge in [0, 0.05) is 0 Å². The van der Waals surface area contributed by atoms with Crippen molar-refractivity contribution in [2.45, 2.75) is 13.8 Å². The maximum absolute atomic E-state index is 10.6. The second-order valence-electron chi connectivity index (χ2n) is 7.76. The van der Waals surface area contributed by atoms with Gasteiger partial charge in [0.05, 0.1) is 22.8 Å². The maximum atomic E-state index is 10.6. The molecule has 7 nitrogen and oxygen atoms in total. The molecule has 0 aliphatic carbocycles. The number of phenols is 1. The number of phenolic OH excluding ortho intramolecular Hbond substituents is 1. The first-order valence-corrected chi connectivity index (χ1v) is 9.97. The molecule has 0 aliphatic rings. The minimum atomic E-state index is 0.152. The number of fused-ring (bicyclic) bond motifs is 4. The van der Waals surface area contributed by atoms with Crippen LogP contribution in [0.4, 0.5) is 0 Å². The zero-order valence-electron chi connectivity index (χ0n) is 17.0. The fourth-order valence-corrected chi connectivity index (χ4v) is 4.13. The average molecular weight is 406 g/mol. The second-order valence-corrected chi connectivity index (χ2v) is 7.76. The fraction of sp³-hybridized carbons (Fsp3) is 0.0833. The normalized spacial score (nSPS) is 11.7. The summed E-state index contributed by atoms with van der Waals surface area (Å²) in [5, 5.41) is 26.8. The fourth-order valence-electron chi connectivity index (χ4n) is 4.13. The molecule has 0 spiro atoms. The number of aromatic hydroxyl groups is 1. The lowest BCUT2D eigenvalue weighted by Gasteiger charge is -2.08. The van der Waals surface area contributed by atoms with E-state index in [-0.39, 0.29) is 5.75 Å². The molecule has 6 rings (SSSR count). The third-order valence-electron chi connectivity index (χ3n) is 5.66. The minimum Gasteiger partial charge on any atom is -0.507 e. The highest BCUT2D eigenvalue weighted by Crippen LogP contribution is 2.33. The van der Waals surface area contributed by atoms with Crippen LogP contribution in [0, 0.1) is 13.8 Å². The van der Waals surface area contributed by atoms with E-state index in [9.17, 15) is 5.11 Å². The molecule has 0 bridgehead atoms. The first-order chi connectivity index (χ1) is 15.1. The molecule has 6 aromatic rings. The third-order valence-corrected chi connectivity index (χ3v) is 5.66. The van der Waals surface area contributed by atoms with E-state index in [0.717, 1.165) is 27.4 Å². The molecule has 0 saturated heterocycles. The zero-order chi connectivity index (χ0) is 21.1. The Balaban J connectivity index is 1.56. The Morgan fingerprint density at radius 1 is 0.871 bits per heavy atom. The van der Waals surface area contributed by atoms with Gasteiger partial charge in [0.15, 0.2) is 17.1 Å². The monoisotopic (exact) mass is 406 g/mol. The molecule has 7 heteroatoms. The van der Waals surface area contributed by atoms with Crippen molar-refractivity contribution >= 4 is 27.5 Å². The van der Waals surface area contributed by atoms with Crippen LogP contribution in [0.1, 0.15) is 11.1 Å². The predicted molar refractivity (Wildman–Crippen MR) is 119 cm³/mol. The molecule has 0 unspecified atom stereocenters. The standard InChI is InChI=1S/C24H18N6O/c1-14-7-8-20(15(2)9-14)30-22-19(12-26-30)24-28-27-23(29(24)13-25-22)18-10-16-5-3-4-6-17(16)11-21(18)31/h3-13,31H,1-2H3. The van der Waals surface area contributed by atoms with Gasteiger partial charge in [-0.3, -0.25) is 4.40 Å². The molecule has 31 heavy (non-hydrogen) atoms. The van der Waals surface area contributed by atoms with E-state index in [2.05, 4.69) is 46.3 Å². The van der Waals surface area contributed by atoms with Gasteiger partial charge in [0.1, 0.15) is 12.1 Å². The summed E-state index contributed by atoms with van der Waals surface area (Å²) in [6.07, 6.45) is 3.44. The highest BCUT2D eigenvalue weighted by molar-refractivity contribution is 5.92. The van der Waals surface area contributed by atoms with E-state index in [0.29, 0.717) is 22.7 Å².